The van der Waals surface area contributed by atoms with Crippen LogP contribution >= 0.6 is 23.2 Å². The van der Waals surface area contributed by atoms with Gasteiger partial charge < -0.3 is 10.1 Å². The number of ether oxygens (including phenoxy) is 1. The molecular weight excluding hydrogens is 447 g/mol. The molecule has 0 saturated carbocycles. The van der Waals surface area contributed by atoms with Crippen LogP contribution in [0.5, 0.6) is 0 Å². The molecule has 0 bridgehead atoms. The van der Waals surface area contributed by atoms with Crippen molar-refractivity contribution in [2.45, 2.75) is 6.54 Å². The summed E-state index contributed by atoms with van der Waals surface area (Å²) in [5, 5.41) is 4.56. The second-order valence-corrected chi connectivity index (χ2v) is 7.93. The lowest BCUT2D eigenvalue weighted by molar-refractivity contribution is -0.124. The number of aromatic nitrogens is 1. The van der Waals surface area contributed by atoms with E-state index in [1.54, 1.807) is 42.5 Å². The van der Waals surface area contributed by atoms with Crippen LogP contribution in [0.2, 0.25) is 10.0 Å². The lowest BCUT2D eigenvalue weighted by atomic mass is 10.0. The highest BCUT2D eigenvalue weighted by Crippen LogP contribution is 2.26. The third-order valence-electron chi connectivity index (χ3n) is 4.79. The molecule has 3 aromatic carbocycles. The summed E-state index contributed by atoms with van der Waals surface area (Å²) in [6.07, 6.45) is 0. The van der Waals surface area contributed by atoms with Crippen LogP contribution in [-0.2, 0) is 16.1 Å². The lowest BCUT2D eigenvalue weighted by Crippen LogP contribution is -2.28. The molecule has 1 amide bonds. The van der Waals surface area contributed by atoms with E-state index in [1.807, 2.05) is 36.4 Å². The van der Waals surface area contributed by atoms with Crippen LogP contribution in [0.3, 0.4) is 0 Å². The molecule has 7 heteroatoms. The van der Waals surface area contributed by atoms with Crippen molar-refractivity contribution in [1.29, 1.82) is 0 Å². The van der Waals surface area contributed by atoms with Crippen molar-refractivity contribution in [2.75, 3.05) is 6.61 Å². The summed E-state index contributed by atoms with van der Waals surface area (Å²) in [6, 6.07) is 23.3. The molecule has 4 rings (SSSR count). The van der Waals surface area contributed by atoms with Gasteiger partial charge >= 0.3 is 5.97 Å². The second kappa shape index (κ2) is 9.81. The first-order valence-corrected chi connectivity index (χ1v) is 10.6. The number of rotatable bonds is 6. The fraction of sp³-hybridized carbons (Fsp3) is 0.0800. The summed E-state index contributed by atoms with van der Waals surface area (Å²) in [6.45, 7) is -0.109. The van der Waals surface area contributed by atoms with Gasteiger partial charge in [-0.15, -0.1) is 0 Å². The van der Waals surface area contributed by atoms with Crippen molar-refractivity contribution < 1.29 is 14.3 Å². The molecule has 32 heavy (non-hydrogen) atoms. The second-order valence-electron chi connectivity index (χ2n) is 7.06. The van der Waals surface area contributed by atoms with E-state index in [2.05, 4.69) is 10.3 Å². The Kier molecular flexibility index (Phi) is 6.69. The first-order valence-electron chi connectivity index (χ1n) is 9.83. The Balaban J connectivity index is 1.50. The molecule has 1 aromatic heterocycles. The van der Waals surface area contributed by atoms with E-state index in [0.29, 0.717) is 32.2 Å². The van der Waals surface area contributed by atoms with E-state index in [0.717, 1.165) is 11.1 Å². The molecule has 0 fully saturated rings. The molecule has 160 valence electrons. The van der Waals surface area contributed by atoms with Crippen LogP contribution in [0, 0.1) is 0 Å². The summed E-state index contributed by atoms with van der Waals surface area (Å²) in [5.74, 6) is -1.01. The van der Waals surface area contributed by atoms with Crippen LogP contribution in [-0.4, -0.2) is 23.5 Å². The number of esters is 1. The quantitative estimate of drug-likeness (QED) is 0.372. The van der Waals surface area contributed by atoms with Crippen molar-refractivity contribution >= 4 is 46.0 Å². The Morgan fingerprint density at radius 1 is 0.875 bits per heavy atom. The van der Waals surface area contributed by atoms with Gasteiger partial charge in [0.1, 0.15) is 0 Å². The van der Waals surface area contributed by atoms with Gasteiger partial charge in [0.25, 0.3) is 5.91 Å². The van der Waals surface area contributed by atoms with Crippen LogP contribution < -0.4 is 5.32 Å². The molecule has 1 heterocycles. The molecule has 0 aliphatic heterocycles. The fourth-order valence-electron chi connectivity index (χ4n) is 3.22. The number of nitrogens with one attached hydrogen (secondary N) is 1. The Hall–Kier alpha value is -3.41. The van der Waals surface area contributed by atoms with Gasteiger partial charge in [-0.25, -0.2) is 9.78 Å². The van der Waals surface area contributed by atoms with Crippen LogP contribution in [0.1, 0.15) is 15.9 Å². The minimum Gasteiger partial charge on any atom is -0.452 e. The Labute approximate surface area is 194 Å². The van der Waals surface area contributed by atoms with E-state index in [4.69, 9.17) is 27.9 Å². The number of hydrogen-bond acceptors (Lipinski definition) is 4. The highest BCUT2D eigenvalue weighted by atomic mass is 35.5. The number of benzene rings is 3. The van der Waals surface area contributed by atoms with E-state index in [9.17, 15) is 9.59 Å². The van der Waals surface area contributed by atoms with Crippen molar-refractivity contribution in [1.82, 2.24) is 10.3 Å². The minimum absolute atomic E-state index is 0.288. The van der Waals surface area contributed by atoms with Gasteiger partial charge in [-0.05, 0) is 42.0 Å². The topological polar surface area (TPSA) is 68.3 Å². The number of fused-ring (bicyclic) bond motifs is 1. The SMILES string of the molecule is O=C(COC(=O)c1cc(-c2ccc(Cl)cc2)nc2ccccc12)NCc1cccc(Cl)c1. The average Bonchev–Trinajstić information content (AvgIpc) is 2.81. The molecule has 1 N–H and O–H groups in total. The van der Waals surface area contributed by atoms with Gasteiger partial charge in [0, 0.05) is 27.5 Å². The zero-order valence-corrected chi connectivity index (χ0v) is 18.4. The number of amides is 1. The largest absolute Gasteiger partial charge is 0.452 e. The van der Waals surface area contributed by atoms with Gasteiger partial charge in [0.2, 0.25) is 0 Å². The third kappa shape index (κ3) is 5.25. The van der Waals surface area contributed by atoms with Gasteiger partial charge in [0.15, 0.2) is 6.61 Å². The van der Waals surface area contributed by atoms with Crippen molar-refractivity contribution in [3.8, 4) is 11.3 Å². The van der Waals surface area contributed by atoms with Gasteiger partial charge in [-0.3, -0.25) is 4.79 Å². The molecule has 0 aliphatic carbocycles. The maximum absolute atomic E-state index is 12.9. The van der Waals surface area contributed by atoms with Gasteiger partial charge in [0.05, 0.1) is 16.8 Å². The molecule has 0 radical (unpaired) electrons. The van der Waals surface area contributed by atoms with E-state index in [-0.39, 0.29) is 6.54 Å². The smallest absolute Gasteiger partial charge is 0.339 e. The summed E-state index contributed by atoms with van der Waals surface area (Å²) < 4.78 is 5.29. The maximum Gasteiger partial charge on any atom is 0.339 e. The van der Waals surface area contributed by atoms with Gasteiger partial charge in [-0.2, -0.15) is 0 Å². The predicted octanol–water partition coefficient (Wildman–Crippen LogP) is 5.68. The summed E-state index contributed by atoms with van der Waals surface area (Å²) in [5.41, 5.74) is 3.26. The standard InChI is InChI=1S/C25H18Cl2N2O3/c26-18-10-8-17(9-11-18)23-13-21(20-6-1-2-7-22(20)29-23)25(31)32-15-24(30)28-14-16-4-3-5-19(27)12-16/h1-13H,14-15H2,(H,28,30). The highest BCUT2D eigenvalue weighted by molar-refractivity contribution is 6.30. The molecule has 4 aromatic rings. The Morgan fingerprint density at radius 2 is 1.66 bits per heavy atom. The fourth-order valence-corrected chi connectivity index (χ4v) is 3.56. The predicted molar refractivity (Wildman–Crippen MR) is 126 cm³/mol. The first kappa shape index (κ1) is 21.8. The number of carbonyl (C=O) groups excluding carboxylic acids is 2. The number of pyridine rings is 1. The number of carbonyl (C=O) groups is 2. The Bertz CT molecular complexity index is 1290. The normalized spacial score (nSPS) is 10.7. The van der Waals surface area contributed by atoms with Crippen LogP contribution in [0.15, 0.2) is 78.9 Å². The monoisotopic (exact) mass is 464 g/mol. The lowest BCUT2D eigenvalue weighted by Gasteiger charge is -2.11. The molecule has 0 aliphatic rings. The molecular formula is C25H18Cl2N2O3. The summed E-state index contributed by atoms with van der Waals surface area (Å²) >= 11 is 11.9. The molecule has 0 unspecified atom stereocenters. The van der Waals surface area contributed by atoms with Crippen molar-refractivity contribution in [3.63, 3.8) is 0 Å². The van der Waals surface area contributed by atoms with Gasteiger partial charge in [-0.1, -0.05) is 65.7 Å². The van der Waals surface area contributed by atoms with Crippen LogP contribution in [0.4, 0.5) is 0 Å². The highest BCUT2D eigenvalue weighted by Gasteiger charge is 2.16. The Morgan fingerprint density at radius 3 is 2.44 bits per heavy atom. The zero-order chi connectivity index (χ0) is 22.5. The van der Waals surface area contributed by atoms with Crippen molar-refractivity contribution in [2.24, 2.45) is 0 Å². The maximum atomic E-state index is 12.9. The number of nitrogens with zero attached hydrogens (tertiary/aromatic N) is 1. The first-order chi connectivity index (χ1) is 15.5. The van der Waals surface area contributed by atoms with Crippen LogP contribution in [0.25, 0.3) is 22.2 Å². The summed E-state index contributed by atoms with van der Waals surface area (Å²) in [4.78, 5) is 29.7. The minimum atomic E-state index is -0.600. The van der Waals surface area contributed by atoms with E-state index in [1.165, 1.54) is 0 Å². The number of hydrogen-bond donors (Lipinski definition) is 1. The van der Waals surface area contributed by atoms with E-state index >= 15 is 0 Å². The van der Waals surface area contributed by atoms with Crippen molar-refractivity contribution in [3.05, 3.63) is 100 Å². The number of halogens is 2. The van der Waals surface area contributed by atoms with E-state index < -0.39 is 18.5 Å². The molecule has 0 saturated heterocycles. The molecule has 0 spiro atoms. The summed E-state index contributed by atoms with van der Waals surface area (Å²) in [7, 11) is 0. The molecule has 5 nitrogen and oxygen atoms in total. The zero-order valence-electron chi connectivity index (χ0n) is 16.8. The number of para-hydroxylation sites is 1. The third-order valence-corrected chi connectivity index (χ3v) is 5.28. The average molecular weight is 465 g/mol. The molecule has 0 atom stereocenters.